The van der Waals surface area contributed by atoms with E-state index in [1.54, 1.807) is 6.92 Å². The van der Waals surface area contributed by atoms with Crippen LogP contribution < -0.4 is 0 Å². The molecule has 3 atom stereocenters. The quantitative estimate of drug-likeness (QED) is 0.604. The fourth-order valence-corrected chi connectivity index (χ4v) is 2.69. The molecule has 5 heteroatoms. The Morgan fingerprint density at radius 2 is 1.78 bits per heavy atom. The van der Waals surface area contributed by atoms with Gasteiger partial charge in [-0.2, -0.15) is 0 Å². The van der Waals surface area contributed by atoms with Gasteiger partial charge in [0.1, 0.15) is 5.54 Å². The van der Waals surface area contributed by atoms with E-state index in [1.165, 1.54) is 6.92 Å². The fourth-order valence-electron chi connectivity index (χ4n) is 2.69. The van der Waals surface area contributed by atoms with Crippen molar-refractivity contribution in [1.82, 2.24) is 4.90 Å². The van der Waals surface area contributed by atoms with Crippen LogP contribution in [0.15, 0.2) is 12.2 Å². The standard InChI is InChI=1S/C13H17NO4/c1-3-13(2,12(17)18)14-10(15)8-6-4-5-7-9(8)11(14)16/h4-5,8-9H,3,6-7H2,1-2H3,(H,17,18)/t8-,9+,13?. The van der Waals surface area contributed by atoms with Crippen molar-refractivity contribution in [3.05, 3.63) is 12.2 Å². The summed E-state index contributed by atoms with van der Waals surface area (Å²) >= 11 is 0. The number of carbonyl (C=O) groups is 3. The molecule has 2 aliphatic rings. The van der Waals surface area contributed by atoms with Gasteiger partial charge in [-0.3, -0.25) is 14.5 Å². The molecule has 0 bridgehead atoms. The topological polar surface area (TPSA) is 74.7 Å². The largest absolute Gasteiger partial charge is 0.479 e. The van der Waals surface area contributed by atoms with E-state index in [0.717, 1.165) is 4.90 Å². The lowest BCUT2D eigenvalue weighted by Crippen LogP contribution is -2.55. The van der Waals surface area contributed by atoms with Crippen LogP contribution in [0.3, 0.4) is 0 Å². The summed E-state index contributed by atoms with van der Waals surface area (Å²) in [5.41, 5.74) is -1.43. The summed E-state index contributed by atoms with van der Waals surface area (Å²) < 4.78 is 0. The zero-order valence-corrected chi connectivity index (χ0v) is 10.5. The van der Waals surface area contributed by atoms with Crippen molar-refractivity contribution in [1.29, 1.82) is 0 Å². The van der Waals surface area contributed by atoms with Gasteiger partial charge in [0.2, 0.25) is 11.8 Å². The van der Waals surface area contributed by atoms with Crippen LogP contribution in [-0.4, -0.2) is 33.3 Å². The lowest BCUT2D eigenvalue weighted by molar-refractivity contribution is -0.162. The second-order valence-corrected chi connectivity index (χ2v) is 5.10. The Kier molecular flexibility index (Phi) is 3.00. The van der Waals surface area contributed by atoms with Gasteiger partial charge in [-0.1, -0.05) is 19.1 Å². The van der Waals surface area contributed by atoms with Gasteiger partial charge in [-0.25, -0.2) is 4.79 Å². The highest BCUT2D eigenvalue weighted by Crippen LogP contribution is 2.39. The van der Waals surface area contributed by atoms with Crippen molar-refractivity contribution in [2.45, 2.75) is 38.6 Å². The minimum atomic E-state index is -1.43. The van der Waals surface area contributed by atoms with Crippen LogP contribution in [0.4, 0.5) is 0 Å². The number of aliphatic carboxylic acids is 1. The van der Waals surface area contributed by atoms with E-state index < -0.39 is 11.5 Å². The van der Waals surface area contributed by atoms with Gasteiger partial charge in [0.05, 0.1) is 11.8 Å². The molecule has 1 aliphatic carbocycles. The SMILES string of the molecule is CCC(C)(C(=O)O)N1C(=O)[C@H]2CC=CC[C@H]2C1=O. The first kappa shape index (κ1) is 12.8. The molecule has 98 valence electrons. The predicted molar refractivity (Wildman–Crippen MR) is 63.5 cm³/mol. The highest BCUT2D eigenvalue weighted by molar-refractivity contribution is 6.09. The number of amides is 2. The van der Waals surface area contributed by atoms with Gasteiger partial charge in [-0.05, 0) is 26.2 Å². The Morgan fingerprint density at radius 3 is 2.11 bits per heavy atom. The maximum Gasteiger partial charge on any atom is 0.329 e. The van der Waals surface area contributed by atoms with Gasteiger partial charge in [0.25, 0.3) is 0 Å². The van der Waals surface area contributed by atoms with Gasteiger partial charge in [0.15, 0.2) is 0 Å². The highest BCUT2D eigenvalue weighted by atomic mass is 16.4. The minimum absolute atomic E-state index is 0.215. The van der Waals surface area contributed by atoms with Crippen LogP contribution in [0.2, 0.25) is 0 Å². The predicted octanol–water partition coefficient (Wildman–Crippen LogP) is 1.19. The maximum absolute atomic E-state index is 12.3. The van der Waals surface area contributed by atoms with E-state index in [0.29, 0.717) is 12.8 Å². The number of likely N-dealkylation sites (tertiary alicyclic amines) is 1. The maximum atomic E-state index is 12.3. The van der Waals surface area contributed by atoms with E-state index in [2.05, 4.69) is 0 Å². The number of nitrogens with zero attached hydrogens (tertiary/aromatic N) is 1. The van der Waals surface area contributed by atoms with Gasteiger partial charge in [-0.15, -0.1) is 0 Å². The van der Waals surface area contributed by atoms with Gasteiger partial charge >= 0.3 is 5.97 Å². The molecule has 1 N–H and O–H groups in total. The summed E-state index contributed by atoms with van der Waals surface area (Å²) in [6, 6.07) is 0. The van der Waals surface area contributed by atoms with Crippen LogP contribution in [0.5, 0.6) is 0 Å². The molecule has 2 rings (SSSR count). The number of carbonyl (C=O) groups excluding carboxylic acids is 2. The molecule has 1 aliphatic heterocycles. The lowest BCUT2D eigenvalue weighted by Gasteiger charge is -2.32. The molecule has 18 heavy (non-hydrogen) atoms. The van der Waals surface area contributed by atoms with Gasteiger partial charge in [0, 0.05) is 0 Å². The Balaban J connectivity index is 2.39. The molecule has 0 spiro atoms. The Bertz CT molecular complexity index is 416. The van der Waals surface area contributed by atoms with E-state index in [9.17, 15) is 19.5 Å². The average molecular weight is 251 g/mol. The zero-order chi connectivity index (χ0) is 13.5. The molecule has 0 aromatic rings. The average Bonchev–Trinajstić information content (AvgIpc) is 2.62. The second kappa shape index (κ2) is 4.23. The summed E-state index contributed by atoms with van der Waals surface area (Å²) in [6.45, 7) is 3.12. The molecule has 2 amide bonds. The molecule has 0 radical (unpaired) electrons. The van der Waals surface area contributed by atoms with Crippen molar-refractivity contribution in [2.24, 2.45) is 11.8 Å². The van der Waals surface area contributed by atoms with Crippen molar-refractivity contribution >= 4 is 17.8 Å². The van der Waals surface area contributed by atoms with E-state index >= 15 is 0 Å². The molecule has 5 nitrogen and oxygen atoms in total. The van der Waals surface area contributed by atoms with Crippen molar-refractivity contribution < 1.29 is 19.5 Å². The fraction of sp³-hybridized carbons (Fsp3) is 0.615. The summed E-state index contributed by atoms with van der Waals surface area (Å²) in [4.78, 5) is 36.9. The first-order valence-corrected chi connectivity index (χ1v) is 6.19. The molecular weight excluding hydrogens is 234 g/mol. The van der Waals surface area contributed by atoms with Crippen LogP contribution in [0, 0.1) is 11.8 Å². The van der Waals surface area contributed by atoms with Crippen molar-refractivity contribution in [3.8, 4) is 0 Å². The number of allylic oxidation sites excluding steroid dienone is 2. The Hall–Kier alpha value is -1.65. The molecule has 0 saturated carbocycles. The number of carboxylic acids is 1. The summed E-state index contributed by atoms with van der Waals surface area (Å²) in [5, 5.41) is 9.30. The molecule has 1 heterocycles. The zero-order valence-electron chi connectivity index (χ0n) is 10.5. The molecule has 0 aromatic carbocycles. The number of hydrogen-bond acceptors (Lipinski definition) is 3. The highest BCUT2D eigenvalue weighted by Gasteiger charge is 2.55. The number of fused-ring (bicyclic) bond motifs is 1. The lowest BCUT2D eigenvalue weighted by atomic mass is 9.85. The van der Waals surface area contributed by atoms with Crippen LogP contribution in [-0.2, 0) is 14.4 Å². The third-order valence-electron chi connectivity index (χ3n) is 4.15. The monoisotopic (exact) mass is 251 g/mol. The molecular formula is C13H17NO4. The third kappa shape index (κ3) is 1.57. The van der Waals surface area contributed by atoms with Crippen LogP contribution in [0.25, 0.3) is 0 Å². The molecule has 1 fully saturated rings. The molecule has 1 unspecified atom stereocenters. The van der Waals surface area contributed by atoms with Crippen molar-refractivity contribution in [3.63, 3.8) is 0 Å². The smallest absolute Gasteiger partial charge is 0.329 e. The number of imide groups is 1. The van der Waals surface area contributed by atoms with Gasteiger partial charge < -0.3 is 5.11 Å². The first-order valence-electron chi connectivity index (χ1n) is 6.19. The third-order valence-corrected chi connectivity index (χ3v) is 4.15. The van der Waals surface area contributed by atoms with E-state index in [1.807, 2.05) is 12.2 Å². The summed E-state index contributed by atoms with van der Waals surface area (Å²) in [7, 11) is 0. The molecule has 0 aromatic heterocycles. The number of rotatable bonds is 3. The second-order valence-electron chi connectivity index (χ2n) is 5.10. The molecule has 1 saturated heterocycles. The minimum Gasteiger partial charge on any atom is -0.479 e. The number of hydrogen-bond donors (Lipinski definition) is 1. The van der Waals surface area contributed by atoms with Crippen LogP contribution in [0.1, 0.15) is 33.1 Å². The normalized spacial score (nSPS) is 30.2. The Labute approximate surface area is 105 Å². The van der Waals surface area contributed by atoms with E-state index in [4.69, 9.17) is 0 Å². The summed E-state index contributed by atoms with van der Waals surface area (Å²) in [5.74, 6) is -2.53. The van der Waals surface area contributed by atoms with Crippen molar-refractivity contribution in [2.75, 3.05) is 0 Å². The first-order chi connectivity index (χ1) is 8.43. The Morgan fingerprint density at radius 1 is 1.33 bits per heavy atom. The van der Waals surface area contributed by atoms with E-state index in [-0.39, 0.29) is 30.1 Å². The van der Waals surface area contributed by atoms with Crippen LogP contribution >= 0.6 is 0 Å². The number of carboxylic acid groups (broad SMARTS) is 1. The summed E-state index contributed by atoms with van der Waals surface area (Å²) in [6.07, 6.45) is 5.06.